The number of nitrogens with zero attached hydrogens (tertiary/aromatic N) is 2. The van der Waals surface area contributed by atoms with E-state index in [0.717, 1.165) is 24.7 Å². The first kappa shape index (κ1) is 34.8. The minimum atomic E-state index is -3.93. The summed E-state index contributed by atoms with van der Waals surface area (Å²) >= 11 is 0. The smallest absolute Gasteiger partial charge is 0.261 e. The van der Waals surface area contributed by atoms with Gasteiger partial charge in [-0.3, -0.25) is 9.52 Å². The number of hydrogen-bond donors (Lipinski definition) is 2. The number of sulfonamides is 2. The van der Waals surface area contributed by atoms with E-state index in [2.05, 4.69) is 4.72 Å². The number of hydrogen-bond acceptors (Lipinski definition) is 8. The van der Waals surface area contributed by atoms with E-state index in [9.17, 15) is 26.7 Å². The van der Waals surface area contributed by atoms with Gasteiger partial charge in [-0.25, -0.2) is 21.1 Å². The average molecular weight is 640 g/mol. The van der Waals surface area contributed by atoms with Gasteiger partial charge in [0.25, 0.3) is 15.9 Å². The summed E-state index contributed by atoms with van der Waals surface area (Å²) < 4.78 is 66.7. The summed E-state index contributed by atoms with van der Waals surface area (Å²) in [6.45, 7) is 7.71. The lowest BCUT2D eigenvalue weighted by molar-refractivity contribution is -0.00828. The molecule has 0 unspecified atom stereocenters. The third kappa shape index (κ3) is 9.64. The van der Waals surface area contributed by atoms with Crippen molar-refractivity contribution in [3.8, 4) is 5.75 Å². The zero-order chi connectivity index (χ0) is 31.9. The third-order valence-electron chi connectivity index (χ3n) is 7.64. The summed E-state index contributed by atoms with van der Waals surface area (Å²) in [6.07, 6.45) is 2.58. The maximum absolute atomic E-state index is 14.2. The quantitative estimate of drug-likeness (QED) is 0.447. The second-order valence-corrected chi connectivity index (χ2v) is 15.2. The van der Waals surface area contributed by atoms with Gasteiger partial charge in [-0.05, 0) is 70.4 Å². The summed E-state index contributed by atoms with van der Waals surface area (Å²) in [5, 5.41) is 10.1. The SMILES string of the molecule is Cc1ccc(S(=O)(=O)Nc2ccc3c(c2)C(=O)N([C@@H](C)CO)C[C@@H](C)[C@H](CN(C)S(C)(=O)=O)OCCCC[C@@H](C)O3)cc1. The topological polar surface area (TPSA) is 143 Å². The number of benzene rings is 2. The summed E-state index contributed by atoms with van der Waals surface area (Å²) in [7, 11) is -5.90. The Kier molecular flexibility index (Phi) is 12.0. The largest absolute Gasteiger partial charge is 0.490 e. The zero-order valence-corrected chi connectivity index (χ0v) is 27.4. The Balaban J connectivity index is 2.02. The van der Waals surface area contributed by atoms with Gasteiger partial charge in [0, 0.05) is 38.3 Å². The summed E-state index contributed by atoms with van der Waals surface area (Å²) in [4.78, 5) is 15.8. The zero-order valence-electron chi connectivity index (χ0n) is 25.8. The van der Waals surface area contributed by atoms with Crippen molar-refractivity contribution in [3.63, 3.8) is 0 Å². The summed E-state index contributed by atoms with van der Waals surface area (Å²) in [5.74, 6) is -0.462. The molecule has 1 heterocycles. The molecule has 2 aromatic rings. The van der Waals surface area contributed by atoms with Gasteiger partial charge in [-0.2, -0.15) is 0 Å². The Labute approximate surface area is 256 Å². The highest BCUT2D eigenvalue weighted by Crippen LogP contribution is 2.29. The fraction of sp³-hybridized carbons (Fsp3) is 0.567. The van der Waals surface area contributed by atoms with Gasteiger partial charge in [-0.15, -0.1) is 0 Å². The predicted molar refractivity (Wildman–Crippen MR) is 166 cm³/mol. The monoisotopic (exact) mass is 639 g/mol. The molecule has 0 fully saturated rings. The van der Waals surface area contributed by atoms with Gasteiger partial charge >= 0.3 is 0 Å². The molecule has 0 saturated heterocycles. The third-order valence-corrected chi connectivity index (χ3v) is 10.3. The molecule has 2 aromatic carbocycles. The van der Waals surface area contributed by atoms with E-state index in [4.69, 9.17) is 9.47 Å². The van der Waals surface area contributed by atoms with Crippen molar-refractivity contribution in [2.75, 3.05) is 44.3 Å². The van der Waals surface area contributed by atoms with Crippen LogP contribution in [-0.2, 0) is 24.8 Å². The van der Waals surface area contributed by atoms with Crippen molar-refractivity contribution in [2.24, 2.45) is 5.92 Å². The van der Waals surface area contributed by atoms with Gasteiger partial charge in [0.05, 0.1) is 41.6 Å². The lowest BCUT2D eigenvalue weighted by Gasteiger charge is -2.35. The fourth-order valence-electron chi connectivity index (χ4n) is 4.77. The molecule has 0 aromatic heterocycles. The van der Waals surface area contributed by atoms with E-state index >= 15 is 0 Å². The number of aliphatic hydroxyl groups is 1. The van der Waals surface area contributed by atoms with Crippen LogP contribution in [0.3, 0.4) is 0 Å². The number of likely N-dealkylation sites (N-methyl/N-ethyl adjacent to an activating group) is 1. The molecule has 0 aliphatic carbocycles. The Morgan fingerprint density at radius 1 is 1.09 bits per heavy atom. The van der Waals surface area contributed by atoms with Gasteiger partial charge in [-0.1, -0.05) is 24.6 Å². The highest BCUT2D eigenvalue weighted by Gasteiger charge is 2.31. The maximum atomic E-state index is 14.2. The van der Waals surface area contributed by atoms with Crippen LogP contribution >= 0.6 is 0 Å². The Bertz CT molecular complexity index is 1450. The molecule has 3 rings (SSSR count). The number of rotatable bonds is 8. The van der Waals surface area contributed by atoms with Gasteiger partial charge in [0.2, 0.25) is 10.0 Å². The molecule has 1 aliphatic rings. The number of anilines is 1. The molecular weight excluding hydrogens is 594 g/mol. The fourth-order valence-corrected chi connectivity index (χ4v) is 6.24. The predicted octanol–water partition coefficient (Wildman–Crippen LogP) is 3.48. The Morgan fingerprint density at radius 2 is 1.77 bits per heavy atom. The number of aryl methyl sites for hydroxylation is 1. The van der Waals surface area contributed by atoms with E-state index in [-0.39, 0.29) is 47.9 Å². The molecule has 2 N–H and O–H groups in total. The number of nitrogens with one attached hydrogen (secondary N) is 1. The van der Waals surface area contributed by atoms with Crippen LogP contribution in [0.1, 0.15) is 56.0 Å². The summed E-state index contributed by atoms with van der Waals surface area (Å²) in [5.41, 5.74) is 1.25. The van der Waals surface area contributed by atoms with Crippen molar-refractivity contribution in [1.29, 1.82) is 0 Å². The van der Waals surface area contributed by atoms with Crippen LogP contribution in [0, 0.1) is 12.8 Å². The molecule has 0 radical (unpaired) electrons. The van der Waals surface area contributed by atoms with Crippen molar-refractivity contribution < 1.29 is 36.2 Å². The second kappa shape index (κ2) is 14.8. The van der Waals surface area contributed by atoms with E-state index in [1.807, 2.05) is 20.8 Å². The Morgan fingerprint density at radius 3 is 2.40 bits per heavy atom. The van der Waals surface area contributed by atoms with E-state index in [0.29, 0.717) is 18.8 Å². The van der Waals surface area contributed by atoms with Crippen LogP contribution in [0.15, 0.2) is 47.4 Å². The molecule has 0 saturated carbocycles. The van der Waals surface area contributed by atoms with Gasteiger partial charge < -0.3 is 19.5 Å². The minimum Gasteiger partial charge on any atom is -0.490 e. The molecule has 0 spiro atoms. The summed E-state index contributed by atoms with van der Waals surface area (Å²) in [6, 6.07) is 10.4. The first-order valence-corrected chi connectivity index (χ1v) is 17.8. The number of carbonyl (C=O) groups is 1. The molecule has 0 bridgehead atoms. The molecule has 4 atom stereocenters. The van der Waals surface area contributed by atoms with Crippen LogP contribution < -0.4 is 9.46 Å². The first-order valence-electron chi connectivity index (χ1n) is 14.5. The highest BCUT2D eigenvalue weighted by molar-refractivity contribution is 7.92. The normalized spacial score (nSPS) is 21.9. The van der Waals surface area contributed by atoms with Crippen LogP contribution in [-0.4, -0.2) is 94.9 Å². The van der Waals surface area contributed by atoms with E-state index in [1.165, 1.54) is 34.5 Å². The highest BCUT2D eigenvalue weighted by atomic mass is 32.2. The second-order valence-electron chi connectivity index (χ2n) is 11.5. The van der Waals surface area contributed by atoms with Crippen molar-refractivity contribution in [2.45, 2.75) is 70.1 Å². The molecule has 1 aliphatic heterocycles. The molecular formula is C30H45N3O8S2. The number of carbonyl (C=O) groups excluding carboxylic acids is 1. The maximum Gasteiger partial charge on any atom is 0.261 e. The van der Waals surface area contributed by atoms with Crippen LogP contribution in [0.4, 0.5) is 5.69 Å². The molecule has 240 valence electrons. The average Bonchev–Trinajstić information content (AvgIpc) is 2.94. The molecule has 43 heavy (non-hydrogen) atoms. The first-order chi connectivity index (χ1) is 20.1. The van der Waals surface area contributed by atoms with Gasteiger partial charge in [0.1, 0.15) is 5.75 Å². The standard InChI is InChI=1S/C30H45N3O8S2/c1-21-10-13-26(14-11-21)43(38,39)31-25-12-15-28-27(17-25)30(35)33(23(3)20-34)18-22(2)29(19-32(5)42(6,36)37)40-16-8-7-9-24(4)41-28/h10-15,17,22-24,29,31,34H,7-9,16,18-20H2,1-6H3/t22-,23+,24-,29+/m1/s1. The van der Waals surface area contributed by atoms with Crippen molar-refractivity contribution in [3.05, 3.63) is 53.6 Å². The van der Waals surface area contributed by atoms with E-state index in [1.54, 1.807) is 31.2 Å². The molecule has 1 amide bonds. The van der Waals surface area contributed by atoms with E-state index < -0.39 is 38.1 Å². The minimum absolute atomic E-state index is 0.0869. The van der Waals surface area contributed by atoms with Gasteiger partial charge in [0.15, 0.2) is 0 Å². The van der Waals surface area contributed by atoms with Crippen LogP contribution in [0.5, 0.6) is 5.75 Å². The molecule has 11 nitrogen and oxygen atoms in total. The molecule has 13 heteroatoms. The van der Waals surface area contributed by atoms with Crippen molar-refractivity contribution >= 4 is 31.6 Å². The van der Waals surface area contributed by atoms with Crippen LogP contribution in [0.25, 0.3) is 0 Å². The number of ether oxygens (including phenoxy) is 2. The van der Waals surface area contributed by atoms with Crippen LogP contribution in [0.2, 0.25) is 0 Å². The van der Waals surface area contributed by atoms with Crippen molar-refractivity contribution in [1.82, 2.24) is 9.21 Å². The lowest BCUT2D eigenvalue weighted by Crippen LogP contribution is -2.47. The lowest BCUT2D eigenvalue weighted by atomic mass is 10.0. The number of amides is 1. The number of fused-ring (bicyclic) bond motifs is 1. The Hall–Kier alpha value is -2.71. The number of aliphatic hydroxyl groups excluding tert-OH is 1.